The molecule has 0 nitrogen and oxygen atoms in total. The molecule has 0 atom stereocenters. The third kappa shape index (κ3) is 5.04. The fraction of sp³-hybridized carbons (Fsp3) is 0.214. The summed E-state index contributed by atoms with van der Waals surface area (Å²) in [6, 6.07) is 43.7. The van der Waals surface area contributed by atoms with Crippen molar-refractivity contribution < 1.29 is 5.48 Å². The first kappa shape index (κ1) is 29.6. The molecule has 9 aromatic rings. The van der Waals surface area contributed by atoms with Gasteiger partial charge in [0.05, 0.1) is 5.48 Å². The van der Waals surface area contributed by atoms with E-state index in [4.69, 9.17) is 0 Å². The summed E-state index contributed by atoms with van der Waals surface area (Å²) in [6.07, 6.45) is 6.77. The van der Waals surface area contributed by atoms with Gasteiger partial charge in [0.1, 0.15) is 0 Å². The largest absolute Gasteiger partial charge is 0.0629 e. The van der Waals surface area contributed by atoms with E-state index in [0.717, 1.165) is 96.6 Å². The molecule has 0 bridgehead atoms. The molecule has 0 aromatic heterocycles. The van der Waals surface area contributed by atoms with Crippen molar-refractivity contribution in [3.8, 4) is 33.4 Å². The van der Waals surface area contributed by atoms with Crippen LogP contribution >= 0.6 is 0 Å². The van der Waals surface area contributed by atoms with Crippen molar-refractivity contribution in [1.82, 2.24) is 0 Å². The van der Waals surface area contributed by atoms with Gasteiger partial charge in [0.25, 0.3) is 0 Å². The molecule has 0 heterocycles. The van der Waals surface area contributed by atoms with Crippen LogP contribution in [0.25, 0.3) is 87.2 Å². The molecule has 0 unspecified atom stereocenters. The molecule has 0 spiro atoms. The molecule has 9 aromatic carbocycles. The minimum Gasteiger partial charge on any atom is -0.0616 e. The van der Waals surface area contributed by atoms with Crippen LogP contribution < -0.4 is 0 Å². The number of rotatable bonds is 3. The summed E-state index contributed by atoms with van der Waals surface area (Å²) < 4.78 is 38.2. The Bertz CT molecular complexity index is 3310. The average molecular weight is 725 g/mol. The highest BCUT2D eigenvalue weighted by Crippen LogP contribution is 2.53. The van der Waals surface area contributed by atoms with E-state index in [0.29, 0.717) is 10.8 Å². The summed E-state index contributed by atoms with van der Waals surface area (Å²) in [6.45, 7) is 9.49. The van der Waals surface area contributed by atoms with Crippen molar-refractivity contribution in [2.24, 2.45) is 0 Å². The zero-order chi connectivity index (χ0) is 41.2. The molecule has 0 amide bonds. The van der Waals surface area contributed by atoms with E-state index in [-0.39, 0.29) is 35.0 Å². The summed E-state index contributed by atoms with van der Waals surface area (Å²) in [5.74, 6) is 0. The van der Waals surface area contributed by atoms with Gasteiger partial charge in [-0.3, -0.25) is 0 Å². The second kappa shape index (κ2) is 12.4. The van der Waals surface area contributed by atoms with Crippen LogP contribution in [0.15, 0.2) is 145 Å². The standard InChI is InChI=1S/C56H48/c1-55(2)29-30-56(3,4)52-34-50(47(33-51(52)55)38-26-25-35-15-5-6-17-37(35)31-38)54-45-23-13-11-21-43(45)53(44-22-12-14-24-46(44)54)49-32-48-39-18-8-7-16-36(39)27-28-42(48)40-19-9-10-20-41(40)49/h7-14,16,18-28,31-34H,5-6,15,17,29-30H2,1-4H3/i11D,13D,21D,23D. The lowest BCUT2D eigenvalue weighted by Gasteiger charge is -2.42. The lowest BCUT2D eigenvalue weighted by atomic mass is 9.62. The van der Waals surface area contributed by atoms with Crippen LogP contribution in [0.4, 0.5) is 0 Å². The van der Waals surface area contributed by atoms with Crippen LogP contribution in [0.1, 0.15) is 81.1 Å². The molecule has 0 aliphatic heterocycles. The number of hydrogen-bond acceptors (Lipinski definition) is 0. The van der Waals surface area contributed by atoms with Gasteiger partial charge < -0.3 is 0 Å². The van der Waals surface area contributed by atoms with Crippen molar-refractivity contribution in [3.05, 3.63) is 168 Å². The van der Waals surface area contributed by atoms with Gasteiger partial charge in [-0.15, -0.1) is 0 Å². The fourth-order valence-electron chi connectivity index (χ4n) is 10.5. The molecule has 0 heteroatoms. The average Bonchev–Trinajstić information content (AvgIpc) is 3.27. The van der Waals surface area contributed by atoms with Crippen LogP contribution in [-0.4, -0.2) is 0 Å². The molecule has 11 rings (SSSR count). The van der Waals surface area contributed by atoms with Gasteiger partial charge in [-0.25, -0.2) is 0 Å². The Morgan fingerprint density at radius 2 is 0.982 bits per heavy atom. The Labute approximate surface area is 336 Å². The smallest absolute Gasteiger partial charge is 0.0616 e. The highest BCUT2D eigenvalue weighted by Gasteiger charge is 2.38. The van der Waals surface area contributed by atoms with Gasteiger partial charge in [0, 0.05) is 0 Å². The molecule has 0 saturated heterocycles. The third-order valence-corrected chi connectivity index (χ3v) is 13.6. The first-order valence-electron chi connectivity index (χ1n) is 22.5. The first-order chi connectivity index (χ1) is 28.9. The van der Waals surface area contributed by atoms with Crippen molar-refractivity contribution in [2.75, 3.05) is 0 Å². The second-order valence-corrected chi connectivity index (χ2v) is 17.8. The van der Waals surface area contributed by atoms with Crippen LogP contribution in [0.2, 0.25) is 0 Å². The monoisotopic (exact) mass is 724 g/mol. The van der Waals surface area contributed by atoms with Crippen LogP contribution in [0, 0.1) is 0 Å². The van der Waals surface area contributed by atoms with E-state index >= 15 is 0 Å². The minimum atomic E-state index is -0.214. The molecular formula is C56H48. The Hall–Kier alpha value is -5.72. The summed E-state index contributed by atoms with van der Waals surface area (Å²) in [7, 11) is 0. The molecule has 2 aliphatic carbocycles. The van der Waals surface area contributed by atoms with E-state index in [2.05, 4.69) is 149 Å². The Morgan fingerprint density at radius 3 is 1.68 bits per heavy atom. The first-order valence-corrected chi connectivity index (χ1v) is 20.5. The van der Waals surface area contributed by atoms with Crippen LogP contribution in [0.5, 0.6) is 0 Å². The lowest BCUT2D eigenvalue weighted by Crippen LogP contribution is -2.34. The predicted octanol–water partition coefficient (Wildman–Crippen LogP) is 15.7. The lowest BCUT2D eigenvalue weighted by molar-refractivity contribution is 0.332. The van der Waals surface area contributed by atoms with Gasteiger partial charge in [-0.05, 0) is 177 Å². The molecule has 0 N–H and O–H groups in total. The van der Waals surface area contributed by atoms with Crippen molar-refractivity contribution in [2.45, 2.75) is 77.0 Å². The van der Waals surface area contributed by atoms with Crippen LogP contribution in [-0.2, 0) is 23.7 Å². The number of benzene rings is 9. The van der Waals surface area contributed by atoms with Gasteiger partial charge in [0.2, 0.25) is 0 Å². The van der Waals surface area contributed by atoms with Gasteiger partial charge in [-0.2, -0.15) is 0 Å². The summed E-state index contributed by atoms with van der Waals surface area (Å²) in [5, 5.41) is 9.87. The fourth-order valence-corrected chi connectivity index (χ4v) is 10.5. The third-order valence-electron chi connectivity index (χ3n) is 13.6. The maximum absolute atomic E-state index is 9.89. The van der Waals surface area contributed by atoms with Gasteiger partial charge in [-0.1, -0.05) is 155 Å². The minimum absolute atomic E-state index is 0.00255. The number of aryl methyl sites for hydroxylation is 2. The molecule has 0 saturated carbocycles. The van der Waals surface area contributed by atoms with E-state index < -0.39 is 0 Å². The Balaban J connectivity index is 1.35. The zero-order valence-corrected chi connectivity index (χ0v) is 32.8. The molecule has 2 aliphatic rings. The van der Waals surface area contributed by atoms with Gasteiger partial charge in [0.15, 0.2) is 0 Å². The van der Waals surface area contributed by atoms with Crippen molar-refractivity contribution in [1.29, 1.82) is 0 Å². The van der Waals surface area contributed by atoms with E-state index in [1.165, 1.54) is 40.7 Å². The maximum atomic E-state index is 9.89. The summed E-state index contributed by atoms with van der Waals surface area (Å²) in [5.41, 5.74) is 11.5. The van der Waals surface area contributed by atoms with Crippen molar-refractivity contribution >= 4 is 53.9 Å². The molecular weight excluding hydrogens is 673 g/mol. The summed E-state index contributed by atoms with van der Waals surface area (Å²) in [4.78, 5) is 0. The summed E-state index contributed by atoms with van der Waals surface area (Å²) >= 11 is 0. The highest BCUT2D eigenvalue weighted by molar-refractivity contribution is 6.28. The van der Waals surface area contributed by atoms with Crippen molar-refractivity contribution in [3.63, 3.8) is 0 Å². The number of hydrogen-bond donors (Lipinski definition) is 0. The quantitative estimate of drug-likeness (QED) is 0.126. The topological polar surface area (TPSA) is 0 Å². The predicted molar refractivity (Wildman–Crippen MR) is 242 cm³/mol. The highest BCUT2D eigenvalue weighted by atomic mass is 14.4. The van der Waals surface area contributed by atoms with Crippen LogP contribution in [0.3, 0.4) is 0 Å². The molecule has 56 heavy (non-hydrogen) atoms. The normalized spacial score (nSPS) is 17.1. The zero-order valence-electron chi connectivity index (χ0n) is 36.8. The molecule has 0 radical (unpaired) electrons. The maximum Gasteiger partial charge on any atom is 0.0629 e. The SMILES string of the molecule is [2H]c1c([2H])c([2H])c2c(-c3cc4c5ccccc5ccc4c4ccccc34)c3ccccc3c(-c3cc4c(cc3-c3ccc5c(c3)CCCC5)C(C)(C)CCC4(C)C)c2c1[2H]. The molecule has 272 valence electrons. The number of fused-ring (bicyclic) bond motifs is 9. The Kier molecular flexibility index (Phi) is 6.54. The van der Waals surface area contributed by atoms with E-state index in [1.807, 2.05) is 0 Å². The van der Waals surface area contributed by atoms with E-state index in [9.17, 15) is 5.48 Å². The molecule has 0 fully saturated rings. The van der Waals surface area contributed by atoms with Gasteiger partial charge >= 0.3 is 0 Å². The Morgan fingerprint density at radius 1 is 0.429 bits per heavy atom. The second-order valence-electron chi connectivity index (χ2n) is 17.8. The van der Waals surface area contributed by atoms with E-state index in [1.54, 1.807) is 0 Å².